The molecule has 0 amide bonds. The number of halogens is 3. The molecule has 0 radical (unpaired) electrons. The fourth-order valence-electron chi connectivity index (χ4n) is 3.71. The van der Waals surface area contributed by atoms with Gasteiger partial charge in [0.2, 0.25) is 0 Å². The summed E-state index contributed by atoms with van der Waals surface area (Å²) in [7, 11) is 0. The summed E-state index contributed by atoms with van der Waals surface area (Å²) in [5.74, 6) is -0.866. The van der Waals surface area contributed by atoms with Crippen LogP contribution in [0, 0.1) is 23.5 Å². The Morgan fingerprint density at radius 1 is 1.12 bits per heavy atom. The molecule has 0 saturated carbocycles. The van der Waals surface area contributed by atoms with Gasteiger partial charge in [-0.15, -0.1) is 12.4 Å². The third-order valence-electron chi connectivity index (χ3n) is 5.13. The Morgan fingerprint density at radius 2 is 1.79 bits per heavy atom. The minimum atomic E-state index is -0.617. The van der Waals surface area contributed by atoms with E-state index in [2.05, 4.69) is 10.2 Å². The predicted octanol–water partition coefficient (Wildman–Crippen LogP) is 3.28. The van der Waals surface area contributed by atoms with E-state index >= 15 is 0 Å². The van der Waals surface area contributed by atoms with Gasteiger partial charge in [0.1, 0.15) is 11.6 Å². The average Bonchev–Trinajstić information content (AvgIpc) is 2.58. The van der Waals surface area contributed by atoms with Crippen molar-refractivity contribution in [3.8, 4) is 0 Å². The van der Waals surface area contributed by atoms with E-state index in [1.54, 1.807) is 0 Å². The van der Waals surface area contributed by atoms with Gasteiger partial charge < -0.3 is 10.2 Å². The van der Waals surface area contributed by atoms with Gasteiger partial charge in [-0.2, -0.15) is 0 Å². The second kappa shape index (κ2) is 8.88. The van der Waals surface area contributed by atoms with Gasteiger partial charge in [0.25, 0.3) is 0 Å². The number of hydrogen-bond acceptors (Lipinski definition) is 3. The molecular weight excluding hydrogens is 334 g/mol. The summed E-state index contributed by atoms with van der Waals surface area (Å²) in [4.78, 5) is 14.9. The van der Waals surface area contributed by atoms with E-state index in [1.807, 2.05) is 0 Å². The zero-order valence-corrected chi connectivity index (χ0v) is 14.6. The highest BCUT2D eigenvalue weighted by Gasteiger charge is 2.28. The second-order valence-electron chi connectivity index (χ2n) is 6.76. The van der Waals surface area contributed by atoms with E-state index in [9.17, 15) is 13.6 Å². The summed E-state index contributed by atoms with van der Waals surface area (Å²) in [6.45, 7) is 5.03. The van der Waals surface area contributed by atoms with Crippen molar-refractivity contribution in [2.24, 2.45) is 11.8 Å². The average molecular weight is 359 g/mol. The standard InChI is InChI=1S/C18H24F2N2O.ClH/c19-15-1-2-17(20)16(11-15)18(23)14-5-9-22(10-6-14)12-13-3-7-21-8-4-13;/h1-2,11,13-14,21H,3-10,12H2;1H. The van der Waals surface area contributed by atoms with Crippen LogP contribution in [0.4, 0.5) is 8.78 Å². The lowest BCUT2D eigenvalue weighted by atomic mass is 9.87. The molecule has 1 N–H and O–H groups in total. The molecule has 6 heteroatoms. The van der Waals surface area contributed by atoms with Crippen LogP contribution in [0.2, 0.25) is 0 Å². The Labute approximate surface area is 148 Å². The van der Waals surface area contributed by atoms with Crippen molar-refractivity contribution < 1.29 is 13.6 Å². The number of carbonyl (C=O) groups excluding carboxylic acids is 1. The molecule has 0 aliphatic carbocycles. The smallest absolute Gasteiger partial charge is 0.169 e. The fourth-order valence-corrected chi connectivity index (χ4v) is 3.71. The number of ketones is 1. The van der Waals surface area contributed by atoms with Crippen molar-refractivity contribution in [3.05, 3.63) is 35.4 Å². The van der Waals surface area contributed by atoms with E-state index in [4.69, 9.17) is 0 Å². The van der Waals surface area contributed by atoms with Crippen LogP contribution in [-0.2, 0) is 0 Å². The Bertz CT molecular complexity index is 556. The molecule has 134 valence electrons. The lowest BCUT2D eigenvalue weighted by Gasteiger charge is -2.35. The quantitative estimate of drug-likeness (QED) is 0.838. The fraction of sp³-hybridized carbons (Fsp3) is 0.611. The second-order valence-corrected chi connectivity index (χ2v) is 6.76. The van der Waals surface area contributed by atoms with Crippen LogP contribution < -0.4 is 5.32 Å². The van der Waals surface area contributed by atoms with Crippen molar-refractivity contribution in [1.82, 2.24) is 10.2 Å². The highest BCUT2D eigenvalue weighted by molar-refractivity contribution is 5.98. The van der Waals surface area contributed by atoms with E-state index < -0.39 is 11.6 Å². The van der Waals surface area contributed by atoms with Crippen LogP contribution in [0.3, 0.4) is 0 Å². The van der Waals surface area contributed by atoms with Gasteiger partial charge in [0.15, 0.2) is 5.78 Å². The monoisotopic (exact) mass is 358 g/mol. The predicted molar refractivity (Wildman–Crippen MR) is 92.7 cm³/mol. The van der Waals surface area contributed by atoms with Crippen LogP contribution >= 0.6 is 12.4 Å². The van der Waals surface area contributed by atoms with Crippen LogP contribution in [0.25, 0.3) is 0 Å². The van der Waals surface area contributed by atoms with Crippen LogP contribution in [0.5, 0.6) is 0 Å². The molecule has 2 heterocycles. The number of likely N-dealkylation sites (tertiary alicyclic amines) is 1. The third kappa shape index (κ3) is 4.74. The normalized spacial score (nSPS) is 20.6. The maximum absolute atomic E-state index is 13.8. The van der Waals surface area contributed by atoms with Gasteiger partial charge in [0, 0.05) is 12.5 Å². The Hall–Kier alpha value is -1.04. The molecule has 3 nitrogen and oxygen atoms in total. The van der Waals surface area contributed by atoms with Crippen molar-refractivity contribution in [3.63, 3.8) is 0 Å². The number of Topliss-reactive ketones (excluding diaryl/α,β-unsaturated/α-hetero) is 1. The molecule has 1 aromatic rings. The molecule has 0 aromatic heterocycles. The van der Waals surface area contributed by atoms with Crippen LogP contribution in [-0.4, -0.2) is 43.4 Å². The van der Waals surface area contributed by atoms with Gasteiger partial charge in [0.05, 0.1) is 5.56 Å². The van der Waals surface area contributed by atoms with Gasteiger partial charge in [-0.1, -0.05) is 0 Å². The molecule has 0 unspecified atom stereocenters. The summed E-state index contributed by atoms with van der Waals surface area (Å²) in [6, 6.07) is 3.11. The zero-order chi connectivity index (χ0) is 16.2. The number of nitrogens with one attached hydrogen (secondary N) is 1. The number of rotatable bonds is 4. The molecular formula is C18H25ClF2N2O. The molecule has 0 bridgehead atoms. The molecule has 2 aliphatic heterocycles. The maximum atomic E-state index is 13.8. The Balaban J connectivity index is 0.00000208. The van der Waals surface area contributed by atoms with E-state index in [0.29, 0.717) is 0 Å². The number of benzene rings is 1. The Morgan fingerprint density at radius 3 is 2.46 bits per heavy atom. The number of carbonyl (C=O) groups is 1. The first-order valence-electron chi connectivity index (χ1n) is 8.56. The third-order valence-corrected chi connectivity index (χ3v) is 5.13. The zero-order valence-electron chi connectivity index (χ0n) is 13.8. The molecule has 0 atom stereocenters. The molecule has 0 spiro atoms. The topological polar surface area (TPSA) is 32.3 Å². The number of nitrogens with zero attached hydrogens (tertiary/aromatic N) is 1. The van der Waals surface area contributed by atoms with Crippen molar-refractivity contribution in [2.45, 2.75) is 25.7 Å². The summed E-state index contributed by atoms with van der Waals surface area (Å²) < 4.78 is 27.0. The summed E-state index contributed by atoms with van der Waals surface area (Å²) in [6.07, 6.45) is 3.90. The maximum Gasteiger partial charge on any atom is 0.169 e. The van der Waals surface area contributed by atoms with Gasteiger partial charge in [-0.3, -0.25) is 4.79 Å². The van der Waals surface area contributed by atoms with E-state index in [1.165, 1.54) is 12.8 Å². The molecule has 2 saturated heterocycles. The Kier molecular flexibility index (Phi) is 7.14. The first kappa shape index (κ1) is 19.3. The van der Waals surface area contributed by atoms with E-state index in [-0.39, 0.29) is 29.7 Å². The number of hydrogen-bond donors (Lipinski definition) is 1. The lowest BCUT2D eigenvalue weighted by molar-refractivity contribution is 0.0814. The first-order valence-corrected chi connectivity index (χ1v) is 8.56. The minimum absolute atomic E-state index is 0. The summed E-state index contributed by atoms with van der Waals surface area (Å²) >= 11 is 0. The van der Waals surface area contributed by atoms with Crippen LogP contribution in [0.1, 0.15) is 36.0 Å². The SMILES string of the molecule is Cl.O=C(c1cc(F)ccc1F)C1CCN(CC2CCNCC2)CC1. The lowest BCUT2D eigenvalue weighted by Crippen LogP contribution is -2.41. The van der Waals surface area contributed by atoms with Crippen molar-refractivity contribution in [1.29, 1.82) is 0 Å². The van der Waals surface area contributed by atoms with Gasteiger partial charge >= 0.3 is 0 Å². The van der Waals surface area contributed by atoms with Crippen LogP contribution in [0.15, 0.2) is 18.2 Å². The minimum Gasteiger partial charge on any atom is -0.317 e. The summed E-state index contributed by atoms with van der Waals surface area (Å²) in [5, 5.41) is 3.37. The van der Waals surface area contributed by atoms with E-state index in [0.717, 1.165) is 69.7 Å². The van der Waals surface area contributed by atoms with Crippen molar-refractivity contribution in [2.75, 3.05) is 32.7 Å². The van der Waals surface area contributed by atoms with Gasteiger partial charge in [-0.05, 0) is 76.0 Å². The molecule has 2 aliphatic rings. The highest BCUT2D eigenvalue weighted by atomic mass is 35.5. The first-order chi connectivity index (χ1) is 11.1. The van der Waals surface area contributed by atoms with Crippen molar-refractivity contribution >= 4 is 18.2 Å². The number of piperidine rings is 2. The molecule has 3 rings (SSSR count). The molecule has 1 aromatic carbocycles. The van der Waals surface area contributed by atoms with Gasteiger partial charge in [-0.25, -0.2) is 8.78 Å². The molecule has 24 heavy (non-hydrogen) atoms. The molecule has 2 fully saturated rings. The highest BCUT2D eigenvalue weighted by Crippen LogP contribution is 2.25. The largest absolute Gasteiger partial charge is 0.317 e. The summed E-state index contributed by atoms with van der Waals surface area (Å²) in [5.41, 5.74) is -0.0956.